The molecule has 96 valence electrons. The van der Waals surface area contributed by atoms with Gasteiger partial charge in [0.1, 0.15) is 5.75 Å². The molecule has 0 unspecified atom stereocenters. The minimum atomic E-state index is -1.20. The maximum Gasteiger partial charge on any atom is 0.337 e. The van der Waals surface area contributed by atoms with Crippen molar-refractivity contribution in [2.75, 3.05) is 11.9 Å². The monoisotopic (exact) mass is 250 g/mol. The second kappa shape index (κ2) is 5.05. The molecule has 0 aromatic heterocycles. The molecule has 0 bridgehead atoms. The topological polar surface area (TPSA) is 98.7 Å². The van der Waals surface area contributed by atoms with Crippen molar-refractivity contribution in [2.24, 2.45) is 0 Å². The number of rotatable bonds is 5. The fourth-order valence-corrected chi connectivity index (χ4v) is 1.54. The Balaban J connectivity index is 2.02. The highest BCUT2D eigenvalue weighted by Gasteiger charge is 2.21. The normalized spacial score (nSPS) is 14.2. The number of carboxylic acid groups (broad SMARTS) is 1. The molecule has 1 aliphatic rings. The molecule has 1 aliphatic carbocycles. The molecule has 0 saturated heterocycles. The quantitative estimate of drug-likeness (QED) is 0.579. The number of aromatic carboxylic acids is 1. The smallest absolute Gasteiger partial charge is 0.337 e. The zero-order valence-corrected chi connectivity index (χ0v) is 9.64. The van der Waals surface area contributed by atoms with Crippen LogP contribution in [0.2, 0.25) is 0 Å². The first-order valence-corrected chi connectivity index (χ1v) is 5.66. The summed E-state index contributed by atoms with van der Waals surface area (Å²) in [6.07, 6.45) is 2.15. The molecule has 1 aromatic carbocycles. The van der Waals surface area contributed by atoms with Crippen LogP contribution in [0, 0.1) is 0 Å². The summed E-state index contributed by atoms with van der Waals surface area (Å²) in [6, 6.07) is 4.21. The number of hydrogen-bond donors (Lipinski definition) is 4. The van der Waals surface area contributed by atoms with E-state index < -0.39 is 5.97 Å². The van der Waals surface area contributed by atoms with E-state index in [0.717, 1.165) is 18.9 Å². The molecule has 6 nitrogen and oxygen atoms in total. The second-order valence-corrected chi connectivity index (χ2v) is 4.24. The lowest BCUT2D eigenvalue weighted by molar-refractivity contribution is -0.115. The van der Waals surface area contributed by atoms with Crippen LogP contribution in [0.1, 0.15) is 23.2 Å². The van der Waals surface area contributed by atoms with E-state index in [-0.39, 0.29) is 29.5 Å². The Morgan fingerprint density at radius 3 is 2.67 bits per heavy atom. The molecule has 0 atom stereocenters. The molecule has 0 radical (unpaired) electrons. The van der Waals surface area contributed by atoms with E-state index in [1.165, 1.54) is 12.1 Å². The average molecular weight is 250 g/mol. The average Bonchev–Trinajstić information content (AvgIpc) is 3.12. The molecule has 1 saturated carbocycles. The fraction of sp³-hybridized carbons (Fsp3) is 0.333. The second-order valence-electron chi connectivity index (χ2n) is 4.24. The Labute approximate surface area is 104 Å². The Morgan fingerprint density at radius 2 is 2.06 bits per heavy atom. The van der Waals surface area contributed by atoms with Gasteiger partial charge in [-0.1, -0.05) is 0 Å². The van der Waals surface area contributed by atoms with Crippen LogP contribution in [0.25, 0.3) is 0 Å². The first-order chi connectivity index (χ1) is 8.56. The first-order valence-electron chi connectivity index (χ1n) is 5.66. The maximum absolute atomic E-state index is 11.6. The number of phenols is 1. The summed E-state index contributed by atoms with van der Waals surface area (Å²) in [5.41, 5.74) is 0.0534. The van der Waals surface area contributed by atoms with Crippen molar-refractivity contribution in [1.29, 1.82) is 0 Å². The van der Waals surface area contributed by atoms with Gasteiger partial charge in [0.25, 0.3) is 0 Å². The number of amides is 1. The molecule has 0 heterocycles. The number of phenolic OH excluding ortho intramolecular Hbond substituents is 1. The summed E-state index contributed by atoms with van der Waals surface area (Å²) in [6.45, 7) is 0.157. The number of hydrogen-bond acceptors (Lipinski definition) is 4. The van der Waals surface area contributed by atoms with Crippen molar-refractivity contribution in [3.8, 4) is 5.75 Å². The van der Waals surface area contributed by atoms with Crippen molar-refractivity contribution in [1.82, 2.24) is 5.32 Å². The number of aromatic hydroxyl groups is 1. The van der Waals surface area contributed by atoms with E-state index in [0.29, 0.717) is 6.04 Å². The van der Waals surface area contributed by atoms with Crippen molar-refractivity contribution >= 4 is 17.6 Å². The van der Waals surface area contributed by atoms with Gasteiger partial charge >= 0.3 is 5.97 Å². The third-order valence-electron chi connectivity index (χ3n) is 2.64. The van der Waals surface area contributed by atoms with Crippen LogP contribution in [-0.2, 0) is 4.79 Å². The zero-order valence-electron chi connectivity index (χ0n) is 9.64. The van der Waals surface area contributed by atoms with Crippen molar-refractivity contribution in [2.45, 2.75) is 18.9 Å². The summed E-state index contributed by atoms with van der Waals surface area (Å²) in [4.78, 5) is 22.5. The molecule has 18 heavy (non-hydrogen) atoms. The molecule has 2 rings (SSSR count). The van der Waals surface area contributed by atoms with Crippen LogP contribution < -0.4 is 10.6 Å². The lowest BCUT2D eigenvalue weighted by Gasteiger charge is -2.09. The molecule has 1 amide bonds. The van der Waals surface area contributed by atoms with Gasteiger partial charge in [-0.15, -0.1) is 0 Å². The Bertz CT molecular complexity index is 483. The predicted octanol–water partition coefficient (Wildman–Crippen LogP) is 0.781. The van der Waals surface area contributed by atoms with Crippen molar-refractivity contribution in [3.63, 3.8) is 0 Å². The molecular formula is C12H14N2O4. The van der Waals surface area contributed by atoms with Gasteiger partial charge in [0.15, 0.2) is 0 Å². The maximum atomic E-state index is 11.6. The van der Waals surface area contributed by atoms with E-state index in [9.17, 15) is 14.7 Å². The van der Waals surface area contributed by atoms with Gasteiger partial charge in [0.2, 0.25) is 5.91 Å². The number of benzene rings is 1. The van der Waals surface area contributed by atoms with E-state index in [1.54, 1.807) is 0 Å². The van der Waals surface area contributed by atoms with Crippen molar-refractivity contribution in [3.05, 3.63) is 23.8 Å². The van der Waals surface area contributed by atoms with Gasteiger partial charge in [-0.2, -0.15) is 0 Å². The highest BCUT2D eigenvalue weighted by molar-refractivity contribution is 6.01. The lowest BCUT2D eigenvalue weighted by atomic mass is 10.1. The first kappa shape index (κ1) is 12.4. The van der Waals surface area contributed by atoms with Crippen LogP contribution in [0.4, 0.5) is 5.69 Å². The molecule has 6 heteroatoms. The third-order valence-corrected chi connectivity index (χ3v) is 2.64. The summed E-state index contributed by atoms with van der Waals surface area (Å²) in [5, 5.41) is 23.7. The van der Waals surface area contributed by atoms with Gasteiger partial charge < -0.3 is 20.8 Å². The van der Waals surface area contributed by atoms with E-state index in [4.69, 9.17) is 5.11 Å². The molecule has 1 fully saturated rings. The number of anilines is 1. The van der Waals surface area contributed by atoms with Crippen LogP contribution in [0.5, 0.6) is 5.75 Å². The SMILES string of the molecule is O=C(CNC1CC1)Nc1ccc(O)cc1C(=O)O. The molecular weight excluding hydrogens is 236 g/mol. The standard InChI is InChI=1S/C12H14N2O4/c15-8-3-4-10(9(5-8)12(17)18)14-11(16)6-13-7-1-2-7/h3-5,7,13,15H,1-2,6H2,(H,14,16)(H,17,18). The minimum Gasteiger partial charge on any atom is -0.508 e. The summed E-state index contributed by atoms with van der Waals surface area (Å²) >= 11 is 0. The highest BCUT2D eigenvalue weighted by Crippen LogP contribution is 2.21. The van der Waals surface area contributed by atoms with Gasteiger partial charge in [-0.25, -0.2) is 4.79 Å². The Hall–Kier alpha value is -2.08. The van der Waals surface area contributed by atoms with Gasteiger partial charge in [0, 0.05) is 6.04 Å². The highest BCUT2D eigenvalue weighted by atomic mass is 16.4. The number of nitrogens with one attached hydrogen (secondary N) is 2. The van der Waals surface area contributed by atoms with Crippen LogP contribution >= 0.6 is 0 Å². The molecule has 1 aromatic rings. The number of carbonyl (C=O) groups excluding carboxylic acids is 1. The van der Waals surface area contributed by atoms with E-state index >= 15 is 0 Å². The Kier molecular flexibility index (Phi) is 3.47. The largest absolute Gasteiger partial charge is 0.508 e. The van der Waals surface area contributed by atoms with Gasteiger partial charge in [0.05, 0.1) is 17.8 Å². The third kappa shape index (κ3) is 3.21. The summed E-state index contributed by atoms with van der Waals surface area (Å²) in [5.74, 6) is -1.65. The molecule has 4 N–H and O–H groups in total. The number of carboxylic acids is 1. The zero-order chi connectivity index (χ0) is 13.1. The summed E-state index contributed by atoms with van der Waals surface area (Å²) in [7, 11) is 0. The van der Waals surface area contributed by atoms with Gasteiger partial charge in [-0.3, -0.25) is 4.79 Å². The van der Waals surface area contributed by atoms with Gasteiger partial charge in [-0.05, 0) is 31.0 Å². The van der Waals surface area contributed by atoms with Crippen molar-refractivity contribution < 1.29 is 19.8 Å². The van der Waals surface area contributed by atoms with Crippen LogP contribution in [-0.4, -0.2) is 34.7 Å². The van der Waals surface area contributed by atoms with Crippen LogP contribution in [0.3, 0.4) is 0 Å². The Morgan fingerprint density at radius 1 is 1.33 bits per heavy atom. The molecule has 0 aliphatic heterocycles. The van der Waals surface area contributed by atoms with E-state index in [2.05, 4.69) is 10.6 Å². The van der Waals surface area contributed by atoms with Crippen LogP contribution in [0.15, 0.2) is 18.2 Å². The number of carbonyl (C=O) groups is 2. The minimum absolute atomic E-state index is 0.130. The summed E-state index contributed by atoms with van der Waals surface area (Å²) < 4.78 is 0. The molecule has 0 spiro atoms. The van der Waals surface area contributed by atoms with E-state index in [1.807, 2.05) is 0 Å². The predicted molar refractivity (Wildman–Crippen MR) is 64.7 cm³/mol. The fourth-order valence-electron chi connectivity index (χ4n) is 1.54. The lowest BCUT2D eigenvalue weighted by Crippen LogP contribution is -2.29.